The summed E-state index contributed by atoms with van der Waals surface area (Å²) >= 11 is 0. The Morgan fingerprint density at radius 3 is 2.76 bits per heavy atom. The van der Waals surface area contributed by atoms with Gasteiger partial charge in [0.15, 0.2) is 0 Å². The van der Waals surface area contributed by atoms with E-state index in [1.807, 2.05) is 61.8 Å². The molecule has 1 aromatic carbocycles. The normalized spacial score (nSPS) is 17.2. The van der Waals surface area contributed by atoms with E-state index in [1.54, 1.807) is 0 Å². The third kappa shape index (κ3) is 5.05. The molecule has 0 amide bonds. The van der Waals surface area contributed by atoms with E-state index >= 15 is 0 Å². The van der Waals surface area contributed by atoms with Gasteiger partial charge in [-0.05, 0) is 78.4 Å². The van der Waals surface area contributed by atoms with Crippen LogP contribution in [0.4, 0.5) is 0 Å². The SMILES string of the molecule is Cc1cccc(-c2n[nH]cc2C2=C\C=C\c3cc(CC4=CC=C=NC(c5ccccc5)=C4)cnc3/C=C\2)n1. The van der Waals surface area contributed by atoms with Crippen molar-refractivity contribution in [3.63, 3.8) is 0 Å². The maximum Gasteiger partial charge on any atom is 0.118 e. The summed E-state index contributed by atoms with van der Waals surface area (Å²) in [5.41, 5.74) is 11.0. The molecule has 0 unspecified atom stereocenters. The number of nitrogens with one attached hydrogen (secondary N) is 1. The molecular weight excluding hydrogens is 466 g/mol. The van der Waals surface area contributed by atoms with Crippen molar-refractivity contribution in [1.29, 1.82) is 0 Å². The van der Waals surface area contributed by atoms with Crippen molar-refractivity contribution in [1.82, 2.24) is 20.2 Å². The van der Waals surface area contributed by atoms with Crippen LogP contribution in [-0.2, 0) is 6.42 Å². The zero-order valence-electron chi connectivity index (χ0n) is 21.0. The van der Waals surface area contributed by atoms with Gasteiger partial charge in [0.1, 0.15) is 5.69 Å². The third-order valence-corrected chi connectivity index (χ3v) is 6.42. The van der Waals surface area contributed by atoms with Gasteiger partial charge in [-0.2, -0.15) is 5.10 Å². The van der Waals surface area contributed by atoms with E-state index in [1.165, 1.54) is 0 Å². The largest absolute Gasteiger partial charge is 0.284 e. The van der Waals surface area contributed by atoms with E-state index in [-0.39, 0.29) is 0 Å². The number of hydrogen-bond acceptors (Lipinski definition) is 4. The van der Waals surface area contributed by atoms with Gasteiger partial charge in [-0.1, -0.05) is 60.7 Å². The van der Waals surface area contributed by atoms with E-state index in [4.69, 9.17) is 4.98 Å². The lowest BCUT2D eigenvalue weighted by atomic mass is 9.98. The van der Waals surface area contributed by atoms with Crippen LogP contribution in [0.15, 0.2) is 114 Å². The minimum Gasteiger partial charge on any atom is -0.284 e. The average molecular weight is 492 g/mol. The molecule has 4 heterocycles. The first kappa shape index (κ1) is 23.3. The van der Waals surface area contributed by atoms with Crippen molar-refractivity contribution in [3.8, 4) is 11.4 Å². The van der Waals surface area contributed by atoms with E-state index in [9.17, 15) is 0 Å². The lowest BCUT2D eigenvalue weighted by Crippen LogP contribution is -1.96. The number of pyridine rings is 2. The molecule has 38 heavy (non-hydrogen) atoms. The fourth-order valence-electron chi connectivity index (χ4n) is 4.56. The molecule has 0 fully saturated rings. The fraction of sp³-hybridized carbons (Fsp3) is 0.0606. The molecule has 0 radical (unpaired) electrons. The quantitative estimate of drug-likeness (QED) is 0.325. The second-order valence-corrected chi connectivity index (χ2v) is 9.17. The molecule has 0 saturated carbocycles. The first-order chi connectivity index (χ1) is 18.7. The number of aryl methyl sites for hydroxylation is 1. The van der Waals surface area contributed by atoms with Gasteiger partial charge in [0.2, 0.25) is 0 Å². The van der Waals surface area contributed by atoms with Gasteiger partial charge in [0.05, 0.1) is 17.1 Å². The number of hydrogen-bond donors (Lipinski definition) is 1. The molecule has 182 valence electrons. The molecule has 1 aliphatic heterocycles. The topological polar surface area (TPSA) is 66.8 Å². The number of aromatic amines is 1. The van der Waals surface area contributed by atoms with Crippen molar-refractivity contribution in [2.24, 2.45) is 4.99 Å². The number of H-pyrrole nitrogens is 1. The Labute approximate surface area is 221 Å². The molecule has 0 atom stereocenters. The van der Waals surface area contributed by atoms with Gasteiger partial charge in [0, 0.05) is 34.8 Å². The van der Waals surface area contributed by atoms with Gasteiger partial charge < -0.3 is 0 Å². The lowest BCUT2D eigenvalue weighted by molar-refractivity contribution is 1.08. The van der Waals surface area contributed by atoms with Crippen LogP contribution in [0, 0.1) is 6.92 Å². The molecule has 2 aliphatic rings. The standard InChI is InChI=1S/C33H25N5/c1-23-8-5-14-31(37-23)33-29(22-36-38-33)26-12-6-13-28-19-25(21-35-30(28)16-15-26)18-24-9-7-17-34-32(20-24)27-10-3-2-4-11-27/h2-16,19-22H,18H2,1H3,(H,36,38)/b12-6?,13-6+,16-15-,26-12-,26-15?,28-13?,30-16?. The van der Waals surface area contributed by atoms with Crippen LogP contribution >= 0.6 is 0 Å². The summed E-state index contributed by atoms with van der Waals surface area (Å²) in [7, 11) is 0. The lowest BCUT2D eigenvalue weighted by Gasteiger charge is -2.09. The van der Waals surface area contributed by atoms with E-state index in [0.29, 0.717) is 0 Å². The highest BCUT2D eigenvalue weighted by molar-refractivity contribution is 5.88. The predicted molar refractivity (Wildman–Crippen MR) is 155 cm³/mol. The highest BCUT2D eigenvalue weighted by Gasteiger charge is 2.14. The average Bonchev–Trinajstić information content (AvgIpc) is 3.30. The van der Waals surface area contributed by atoms with Crippen LogP contribution < -0.4 is 0 Å². The van der Waals surface area contributed by atoms with E-state index < -0.39 is 0 Å². The highest BCUT2D eigenvalue weighted by Crippen LogP contribution is 2.29. The maximum absolute atomic E-state index is 4.80. The van der Waals surface area contributed by atoms with Crippen LogP contribution in [0.25, 0.3) is 34.8 Å². The number of aliphatic imine (C=N–C) groups is 1. The fourth-order valence-corrected chi connectivity index (χ4v) is 4.56. The summed E-state index contributed by atoms with van der Waals surface area (Å²) in [4.78, 5) is 13.9. The Balaban J connectivity index is 1.25. The first-order valence-electron chi connectivity index (χ1n) is 12.5. The minimum atomic E-state index is 0.755. The van der Waals surface area contributed by atoms with Crippen molar-refractivity contribution < 1.29 is 0 Å². The second kappa shape index (κ2) is 10.5. The summed E-state index contributed by atoms with van der Waals surface area (Å²) < 4.78 is 0. The van der Waals surface area contributed by atoms with Gasteiger partial charge in [-0.15, -0.1) is 0 Å². The van der Waals surface area contributed by atoms with Gasteiger partial charge in [0.25, 0.3) is 0 Å². The van der Waals surface area contributed by atoms with Gasteiger partial charge in [-0.3, -0.25) is 15.1 Å². The number of aromatic nitrogens is 4. The van der Waals surface area contributed by atoms with Gasteiger partial charge in [-0.25, -0.2) is 4.99 Å². The Morgan fingerprint density at radius 1 is 0.947 bits per heavy atom. The predicted octanol–water partition coefficient (Wildman–Crippen LogP) is 7.05. The molecule has 6 rings (SSSR count). The summed E-state index contributed by atoms with van der Waals surface area (Å²) in [6, 6.07) is 18.4. The van der Waals surface area contributed by atoms with Crippen LogP contribution in [0.3, 0.4) is 0 Å². The number of fused-ring (bicyclic) bond motifs is 1. The molecule has 4 aromatic rings. The van der Waals surface area contributed by atoms with Crippen molar-refractivity contribution in [3.05, 3.63) is 143 Å². The van der Waals surface area contributed by atoms with Gasteiger partial charge >= 0.3 is 0 Å². The zero-order chi connectivity index (χ0) is 25.7. The Hall–Kier alpha value is -5.12. The Morgan fingerprint density at radius 2 is 1.87 bits per heavy atom. The molecule has 5 heteroatoms. The molecule has 3 aromatic heterocycles. The van der Waals surface area contributed by atoms with Crippen LogP contribution in [0.1, 0.15) is 33.6 Å². The van der Waals surface area contributed by atoms with Crippen molar-refractivity contribution in [2.45, 2.75) is 13.3 Å². The number of allylic oxidation sites excluding steroid dienone is 8. The van der Waals surface area contributed by atoms with Crippen LogP contribution in [0.5, 0.6) is 0 Å². The van der Waals surface area contributed by atoms with Crippen LogP contribution in [0.2, 0.25) is 0 Å². The first-order valence-corrected chi connectivity index (χ1v) is 12.5. The zero-order valence-corrected chi connectivity index (χ0v) is 21.0. The molecule has 0 saturated heterocycles. The number of benzene rings is 1. The smallest absolute Gasteiger partial charge is 0.118 e. The van der Waals surface area contributed by atoms with E-state index in [0.717, 1.165) is 68.3 Å². The Kier molecular flexibility index (Phi) is 6.42. The summed E-state index contributed by atoms with van der Waals surface area (Å²) in [5.74, 6) is 3.01. The molecule has 5 nitrogen and oxygen atoms in total. The van der Waals surface area contributed by atoms with Crippen molar-refractivity contribution in [2.75, 3.05) is 0 Å². The number of rotatable bonds is 5. The Bertz CT molecular complexity index is 1720. The summed E-state index contributed by atoms with van der Waals surface area (Å²) in [6.07, 6.45) is 21.1. The highest BCUT2D eigenvalue weighted by atomic mass is 15.1. The molecule has 1 aliphatic carbocycles. The van der Waals surface area contributed by atoms with Crippen LogP contribution in [-0.4, -0.2) is 26.0 Å². The third-order valence-electron chi connectivity index (χ3n) is 6.42. The summed E-state index contributed by atoms with van der Waals surface area (Å²) in [5, 5.41) is 7.48. The maximum atomic E-state index is 4.80. The minimum absolute atomic E-state index is 0.755. The molecule has 0 spiro atoms. The molecule has 0 bridgehead atoms. The second-order valence-electron chi connectivity index (χ2n) is 9.17. The number of nitrogens with zero attached hydrogens (tertiary/aromatic N) is 4. The van der Waals surface area contributed by atoms with Crippen molar-refractivity contribution >= 4 is 29.3 Å². The molecular formula is C33H25N5. The molecule has 1 N–H and O–H groups in total. The monoisotopic (exact) mass is 491 g/mol. The van der Waals surface area contributed by atoms with E-state index in [2.05, 4.69) is 86.8 Å². The summed E-state index contributed by atoms with van der Waals surface area (Å²) in [6.45, 7) is 1.99.